The molecule has 0 aliphatic rings. The van der Waals surface area contributed by atoms with Crippen molar-refractivity contribution >= 4 is 17.5 Å². The predicted octanol–water partition coefficient (Wildman–Crippen LogP) is 2.76. The Hall–Kier alpha value is -3.55. The standard InChI is InChI=1S/C20H20N4O4/c1-11-17(14(4)25)12(2)21-18(11)16(26)10-28-20(27)19-13(3)22-24(23-19)15-8-6-5-7-9-15/h5-9,21H,10H2,1-4H3. The summed E-state index contributed by atoms with van der Waals surface area (Å²) in [5.74, 6) is -1.29. The van der Waals surface area contributed by atoms with Crippen LogP contribution in [0.25, 0.3) is 5.69 Å². The number of nitrogens with zero attached hydrogens (tertiary/aromatic N) is 3. The number of para-hydroxylation sites is 1. The Bertz CT molecular complexity index is 1060. The Labute approximate surface area is 161 Å². The Morgan fingerprint density at radius 1 is 1.07 bits per heavy atom. The number of benzene rings is 1. The molecule has 0 radical (unpaired) electrons. The van der Waals surface area contributed by atoms with Crippen molar-refractivity contribution in [3.8, 4) is 5.69 Å². The lowest BCUT2D eigenvalue weighted by atomic mass is 10.1. The van der Waals surface area contributed by atoms with E-state index in [0.29, 0.717) is 28.2 Å². The second-order valence-corrected chi connectivity index (χ2v) is 6.44. The lowest BCUT2D eigenvalue weighted by Gasteiger charge is -2.03. The maximum Gasteiger partial charge on any atom is 0.361 e. The number of aromatic nitrogens is 4. The van der Waals surface area contributed by atoms with Crippen molar-refractivity contribution < 1.29 is 19.1 Å². The molecule has 8 heteroatoms. The zero-order chi connectivity index (χ0) is 20.4. The van der Waals surface area contributed by atoms with Gasteiger partial charge in [0.25, 0.3) is 0 Å². The molecule has 0 aliphatic heterocycles. The molecule has 144 valence electrons. The third kappa shape index (κ3) is 3.62. The molecule has 1 aromatic carbocycles. The van der Waals surface area contributed by atoms with Crippen LogP contribution in [-0.2, 0) is 4.74 Å². The second-order valence-electron chi connectivity index (χ2n) is 6.44. The van der Waals surface area contributed by atoms with Crippen molar-refractivity contribution in [3.63, 3.8) is 0 Å². The minimum absolute atomic E-state index is 0.0421. The molecule has 28 heavy (non-hydrogen) atoms. The molecule has 2 heterocycles. The molecule has 0 bridgehead atoms. The first kappa shape index (κ1) is 19.2. The molecule has 0 amide bonds. The topological polar surface area (TPSA) is 107 Å². The van der Waals surface area contributed by atoms with E-state index in [1.54, 1.807) is 32.9 Å². The zero-order valence-electron chi connectivity index (χ0n) is 16.1. The van der Waals surface area contributed by atoms with Gasteiger partial charge in [-0.1, -0.05) is 18.2 Å². The summed E-state index contributed by atoms with van der Waals surface area (Å²) in [7, 11) is 0. The van der Waals surface area contributed by atoms with E-state index in [9.17, 15) is 14.4 Å². The predicted molar refractivity (Wildman–Crippen MR) is 101 cm³/mol. The Morgan fingerprint density at radius 2 is 1.75 bits per heavy atom. The van der Waals surface area contributed by atoms with Crippen molar-refractivity contribution in [2.24, 2.45) is 0 Å². The molecule has 0 fully saturated rings. The third-order valence-corrected chi connectivity index (χ3v) is 4.37. The Balaban J connectivity index is 1.73. The van der Waals surface area contributed by atoms with Crippen LogP contribution >= 0.6 is 0 Å². The van der Waals surface area contributed by atoms with E-state index in [4.69, 9.17) is 4.74 Å². The molecule has 3 rings (SSSR count). The van der Waals surface area contributed by atoms with E-state index in [1.165, 1.54) is 11.7 Å². The van der Waals surface area contributed by atoms with Crippen LogP contribution in [0.1, 0.15) is 55.2 Å². The summed E-state index contributed by atoms with van der Waals surface area (Å²) < 4.78 is 5.13. The van der Waals surface area contributed by atoms with Gasteiger partial charge >= 0.3 is 5.97 Å². The number of Topliss-reactive ketones (excluding diaryl/α,β-unsaturated/α-hetero) is 2. The first-order valence-corrected chi connectivity index (χ1v) is 8.69. The molecule has 8 nitrogen and oxygen atoms in total. The summed E-state index contributed by atoms with van der Waals surface area (Å²) in [6, 6.07) is 9.14. The van der Waals surface area contributed by atoms with Gasteiger partial charge in [-0.05, 0) is 45.4 Å². The monoisotopic (exact) mass is 380 g/mol. The average Bonchev–Trinajstić information content (AvgIpc) is 3.19. The summed E-state index contributed by atoms with van der Waals surface area (Å²) in [6.07, 6.45) is 0. The summed E-state index contributed by atoms with van der Waals surface area (Å²) >= 11 is 0. The molecule has 0 unspecified atom stereocenters. The fourth-order valence-corrected chi connectivity index (χ4v) is 3.07. The minimum atomic E-state index is -0.735. The van der Waals surface area contributed by atoms with Crippen LogP contribution in [0.5, 0.6) is 0 Å². The largest absolute Gasteiger partial charge is 0.452 e. The van der Waals surface area contributed by atoms with Crippen molar-refractivity contribution in [1.29, 1.82) is 0 Å². The average molecular weight is 380 g/mol. The molecule has 0 atom stereocenters. The fraction of sp³-hybridized carbons (Fsp3) is 0.250. The van der Waals surface area contributed by atoms with Crippen LogP contribution in [0.3, 0.4) is 0 Å². The number of hydrogen-bond acceptors (Lipinski definition) is 6. The van der Waals surface area contributed by atoms with E-state index in [-0.39, 0.29) is 17.2 Å². The smallest absolute Gasteiger partial charge is 0.361 e. The Kier molecular flexibility index (Phi) is 5.21. The van der Waals surface area contributed by atoms with E-state index in [2.05, 4.69) is 15.2 Å². The second kappa shape index (κ2) is 7.59. The van der Waals surface area contributed by atoms with E-state index in [0.717, 1.165) is 0 Å². The summed E-state index contributed by atoms with van der Waals surface area (Å²) in [5, 5.41) is 8.37. The van der Waals surface area contributed by atoms with Gasteiger partial charge in [-0.25, -0.2) is 4.79 Å². The van der Waals surface area contributed by atoms with Crippen molar-refractivity contribution in [2.45, 2.75) is 27.7 Å². The zero-order valence-corrected chi connectivity index (χ0v) is 16.1. The maximum atomic E-state index is 12.4. The van der Waals surface area contributed by atoms with Gasteiger partial charge in [-0.3, -0.25) is 9.59 Å². The highest BCUT2D eigenvalue weighted by atomic mass is 16.5. The lowest BCUT2D eigenvalue weighted by molar-refractivity contribution is 0.0466. The number of H-pyrrole nitrogens is 1. The molecule has 2 aromatic heterocycles. The number of aromatic amines is 1. The van der Waals surface area contributed by atoms with E-state index >= 15 is 0 Å². The van der Waals surface area contributed by atoms with Gasteiger partial charge in [0.15, 0.2) is 18.1 Å². The minimum Gasteiger partial charge on any atom is -0.452 e. The normalized spacial score (nSPS) is 10.7. The molecule has 3 aromatic rings. The van der Waals surface area contributed by atoms with Gasteiger partial charge in [-0.15, -0.1) is 5.10 Å². The quantitative estimate of drug-likeness (QED) is 0.520. The first-order chi connectivity index (χ1) is 13.3. The van der Waals surface area contributed by atoms with Crippen LogP contribution in [0.4, 0.5) is 0 Å². The number of aryl methyl sites for hydroxylation is 2. The van der Waals surface area contributed by atoms with Crippen molar-refractivity contribution in [1.82, 2.24) is 20.0 Å². The number of carbonyl (C=O) groups is 3. The van der Waals surface area contributed by atoms with Crippen molar-refractivity contribution in [2.75, 3.05) is 6.61 Å². The summed E-state index contributed by atoms with van der Waals surface area (Å²) in [4.78, 5) is 40.7. The molecule has 0 saturated carbocycles. The van der Waals surface area contributed by atoms with Gasteiger partial charge < -0.3 is 9.72 Å². The van der Waals surface area contributed by atoms with Crippen LogP contribution < -0.4 is 0 Å². The number of ether oxygens (including phenoxy) is 1. The van der Waals surface area contributed by atoms with E-state index < -0.39 is 18.4 Å². The van der Waals surface area contributed by atoms with Crippen LogP contribution in [-0.4, -0.2) is 44.1 Å². The molecular formula is C20H20N4O4. The third-order valence-electron chi connectivity index (χ3n) is 4.37. The van der Waals surface area contributed by atoms with E-state index in [1.807, 2.05) is 18.2 Å². The number of hydrogen-bond donors (Lipinski definition) is 1. The SMILES string of the molecule is CC(=O)c1c(C)[nH]c(C(=O)COC(=O)c2nn(-c3ccccc3)nc2C)c1C. The maximum absolute atomic E-state index is 12.4. The molecule has 0 saturated heterocycles. The summed E-state index contributed by atoms with van der Waals surface area (Å²) in [6.45, 7) is 6.02. The lowest BCUT2D eigenvalue weighted by Crippen LogP contribution is -2.16. The van der Waals surface area contributed by atoms with Gasteiger partial charge in [0, 0.05) is 11.3 Å². The highest BCUT2D eigenvalue weighted by molar-refractivity contribution is 6.04. The molecule has 0 spiro atoms. The van der Waals surface area contributed by atoms with Crippen molar-refractivity contribution in [3.05, 3.63) is 64.2 Å². The van der Waals surface area contributed by atoms with Gasteiger partial charge in [0.05, 0.1) is 17.1 Å². The number of rotatable bonds is 6. The van der Waals surface area contributed by atoms with Crippen LogP contribution in [0.2, 0.25) is 0 Å². The summed E-state index contributed by atoms with van der Waals surface area (Å²) in [5.41, 5.74) is 3.05. The number of ketones is 2. The number of nitrogens with one attached hydrogen (secondary N) is 1. The fourth-order valence-electron chi connectivity index (χ4n) is 3.07. The highest BCUT2D eigenvalue weighted by Crippen LogP contribution is 2.19. The first-order valence-electron chi connectivity index (χ1n) is 8.69. The van der Waals surface area contributed by atoms with Gasteiger partial charge in [-0.2, -0.15) is 9.90 Å². The number of esters is 1. The van der Waals surface area contributed by atoms with Crippen LogP contribution in [0, 0.1) is 20.8 Å². The van der Waals surface area contributed by atoms with Gasteiger partial charge in [0.1, 0.15) is 0 Å². The highest BCUT2D eigenvalue weighted by Gasteiger charge is 2.23. The Morgan fingerprint density at radius 3 is 2.36 bits per heavy atom. The number of carbonyl (C=O) groups excluding carboxylic acids is 3. The molecule has 0 aliphatic carbocycles. The molecule has 1 N–H and O–H groups in total. The van der Waals surface area contributed by atoms with Crippen LogP contribution in [0.15, 0.2) is 30.3 Å². The molecular weight excluding hydrogens is 360 g/mol. The van der Waals surface area contributed by atoms with Gasteiger partial charge in [0.2, 0.25) is 5.78 Å².